The smallest absolute Gasteiger partial charge is 0.268 e. The molecular formula is C16H13FN6OS2. The highest BCUT2D eigenvalue weighted by Crippen LogP contribution is 2.21. The SMILES string of the molecule is Nn1c(Cc2ccccc2F)nnc1SCc1nc2ccsc2c(=O)[nH]1. The second-order valence-electron chi connectivity index (χ2n) is 5.47. The number of thiophene rings is 1. The van der Waals surface area contributed by atoms with Gasteiger partial charge in [-0.25, -0.2) is 14.1 Å². The maximum absolute atomic E-state index is 13.8. The number of fused-ring (bicyclic) bond motifs is 1. The number of nitrogens with zero attached hydrogens (tertiary/aromatic N) is 4. The topological polar surface area (TPSA) is 102 Å². The van der Waals surface area contributed by atoms with E-state index < -0.39 is 0 Å². The number of nitrogens with two attached hydrogens (primary N) is 1. The van der Waals surface area contributed by atoms with Crippen LogP contribution in [0.25, 0.3) is 10.2 Å². The number of nitrogen functional groups attached to an aromatic ring is 1. The Morgan fingerprint density at radius 3 is 2.96 bits per heavy atom. The van der Waals surface area contributed by atoms with Crippen LogP contribution >= 0.6 is 23.1 Å². The summed E-state index contributed by atoms with van der Waals surface area (Å²) in [6, 6.07) is 8.27. The van der Waals surface area contributed by atoms with Crippen LogP contribution < -0.4 is 11.4 Å². The number of aromatic amines is 1. The standard InChI is InChI=1S/C16H13FN6OS2/c17-10-4-2-1-3-9(10)7-13-21-22-16(23(13)18)26-8-12-19-11-5-6-25-14(11)15(24)20-12/h1-6H,7-8,18H2,(H,19,20,24). The molecule has 0 amide bonds. The average Bonchev–Trinajstić information content (AvgIpc) is 3.23. The van der Waals surface area contributed by atoms with Gasteiger partial charge in [0.1, 0.15) is 16.3 Å². The van der Waals surface area contributed by atoms with Crippen molar-refractivity contribution in [3.63, 3.8) is 0 Å². The normalized spacial score (nSPS) is 11.3. The van der Waals surface area contributed by atoms with E-state index in [0.717, 1.165) is 0 Å². The average molecular weight is 388 g/mol. The number of hydrogen-bond donors (Lipinski definition) is 2. The third-order valence-corrected chi connectivity index (χ3v) is 5.60. The highest BCUT2D eigenvalue weighted by Gasteiger charge is 2.14. The minimum atomic E-state index is -0.310. The molecule has 0 aliphatic rings. The molecule has 0 radical (unpaired) electrons. The van der Waals surface area contributed by atoms with Gasteiger partial charge in [-0.2, -0.15) is 0 Å². The van der Waals surface area contributed by atoms with Crippen LogP contribution in [0, 0.1) is 5.82 Å². The molecule has 0 aliphatic carbocycles. The third kappa shape index (κ3) is 3.20. The maximum atomic E-state index is 13.8. The summed E-state index contributed by atoms with van der Waals surface area (Å²) in [7, 11) is 0. The van der Waals surface area contributed by atoms with Gasteiger partial charge in [0.25, 0.3) is 5.56 Å². The van der Waals surface area contributed by atoms with Gasteiger partial charge in [-0.05, 0) is 23.1 Å². The van der Waals surface area contributed by atoms with Crippen LogP contribution in [0.15, 0.2) is 45.7 Å². The second-order valence-corrected chi connectivity index (χ2v) is 7.33. The Bertz CT molecular complexity index is 1140. The predicted molar refractivity (Wildman–Crippen MR) is 99.2 cm³/mol. The molecule has 4 aromatic rings. The quantitative estimate of drug-likeness (QED) is 0.402. The van der Waals surface area contributed by atoms with Crippen molar-refractivity contribution in [1.29, 1.82) is 0 Å². The summed E-state index contributed by atoms with van der Waals surface area (Å²) < 4.78 is 15.7. The van der Waals surface area contributed by atoms with Gasteiger partial charge in [-0.1, -0.05) is 30.0 Å². The lowest BCUT2D eigenvalue weighted by Crippen LogP contribution is -2.15. The van der Waals surface area contributed by atoms with Crippen molar-refractivity contribution in [2.24, 2.45) is 0 Å². The summed E-state index contributed by atoms with van der Waals surface area (Å²) in [5.74, 6) is 7.09. The van der Waals surface area contributed by atoms with Gasteiger partial charge in [-0.15, -0.1) is 21.5 Å². The van der Waals surface area contributed by atoms with Crippen LogP contribution in [0.3, 0.4) is 0 Å². The molecule has 4 rings (SSSR count). The van der Waals surface area contributed by atoms with Crippen molar-refractivity contribution in [2.45, 2.75) is 17.3 Å². The molecular weight excluding hydrogens is 375 g/mol. The van der Waals surface area contributed by atoms with Gasteiger partial charge >= 0.3 is 0 Å². The van der Waals surface area contributed by atoms with Crippen molar-refractivity contribution in [1.82, 2.24) is 24.8 Å². The first-order valence-corrected chi connectivity index (χ1v) is 9.50. The largest absolute Gasteiger partial charge is 0.336 e. The minimum Gasteiger partial charge on any atom is -0.336 e. The molecule has 26 heavy (non-hydrogen) atoms. The number of hydrogen-bond acceptors (Lipinski definition) is 7. The van der Waals surface area contributed by atoms with E-state index >= 15 is 0 Å². The highest BCUT2D eigenvalue weighted by atomic mass is 32.2. The summed E-state index contributed by atoms with van der Waals surface area (Å²) in [5.41, 5.74) is 1.01. The van der Waals surface area contributed by atoms with Gasteiger partial charge in [0.15, 0.2) is 5.82 Å². The second kappa shape index (κ2) is 6.89. The molecule has 0 spiro atoms. The van der Waals surface area contributed by atoms with Gasteiger partial charge in [0.2, 0.25) is 5.16 Å². The molecule has 0 fully saturated rings. The van der Waals surface area contributed by atoms with Gasteiger partial charge < -0.3 is 10.8 Å². The monoisotopic (exact) mass is 388 g/mol. The predicted octanol–water partition coefficient (Wildman–Crippen LogP) is 2.31. The summed E-state index contributed by atoms with van der Waals surface area (Å²) in [6.45, 7) is 0. The number of H-pyrrole nitrogens is 1. The van der Waals surface area contributed by atoms with E-state index in [9.17, 15) is 9.18 Å². The van der Waals surface area contributed by atoms with Crippen molar-refractivity contribution in [3.05, 3.63) is 69.1 Å². The van der Waals surface area contributed by atoms with E-state index in [0.29, 0.717) is 38.3 Å². The molecule has 0 bridgehead atoms. The summed E-state index contributed by atoms with van der Waals surface area (Å²) in [6.07, 6.45) is 0.243. The first-order chi connectivity index (χ1) is 12.6. The van der Waals surface area contributed by atoms with E-state index in [-0.39, 0.29) is 17.8 Å². The Labute approximate surface area is 155 Å². The fourth-order valence-electron chi connectivity index (χ4n) is 2.46. The van der Waals surface area contributed by atoms with Crippen LogP contribution in [0.2, 0.25) is 0 Å². The van der Waals surface area contributed by atoms with Crippen molar-refractivity contribution in [3.8, 4) is 0 Å². The molecule has 0 unspecified atom stereocenters. The Kier molecular flexibility index (Phi) is 4.43. The fourth-order valence-corrected chi connectivity index (χ4v) is 3.93. The van der Waals surface area contributed by atoms with Gasteiger partial charge in [0, 0.05) is 6.42 Å². The molecule has 132 valence electrons. The van der Waals surface area contributed by atoms with Gasteiger partial charge in [-0.3, -0.25) is 4.79 Å². The molecule has 0 saturated heterocycles. The molecule has 0 saturated carbocycles. The number of halogens is 1. The molecule has 3 heterocycles. The lowest BCUT2D eigenvalue weighted by Gasteiger charge is -2.04. The highest BCUT2D eigenvalue weighted by molar-refractivity contribution is 7.98. The van der Waals surface area contributed by atoms with Crippen molar-refractivity contribution in [2.75, 3.05) is 5.84 Å². The maximum Gasteiger partial charge on any atom is 0.268 e. The first kappa shape index (κ1) is 16.7. The van der Waals surface area contributed by atoms with Crippen LogP contribution in [0.5, 0.6) is 0 Å². The van der Waals surface area contributed by atoms with Crippen molar-refractivity contribution < 1.29 is 4.39 Å². The Balaban J connectivity index is 1.51. The molecule has 1 aromatic carbocycles. The van der Waals surface area contributed by atoms with E-state index in [1.165, 1.54) is 33.8 Å². The molecule has 3 aromatic heterocycles. The Morgan fingerprint density at radius 2 is 2.12 bits per heavy atom. The van der Waals surface area contributed by atoms with Crippen LogP contribution in [0.1, 0.15) is 17.2 Å². The number of benzene rings is 1. The van der Waals surface area contributed by atoms with E-state index in [4.69, 9.17) is 5.84 Å². The number of aromatic nitrogens is 5. The van der Waals surface area contributed by atoms with Gasteiger partial charge in [0.05, 0.1) is 11.3 Å². The number of nitrogens with one attached hydrogen (secondary N) is 1. The minimum absolute atomic E-state index is 0.157. The fraction of sp³-hybridized carbons (Fsp3) is 0.125. The summed E-state index contributed by atoms with van der Waals surface area (Å²) in [5, 5.41) is 10.4. The van der Waals surface area contributed by atoms with E-state index in [2.05, 4.69) is 20.2 Å². The van der Waals surface area contributed by atoms with Crippen LogP contribution in [-0.2, 0) is 12.2 Å². The van der Waals surface area contributed by atoms with Crippen molar-refractivity contribution >= 4 is 33.3 Å². The zero-order valence-corrected chi connectivity index (χ0v) is 15.0. The molecule has 0 aliphatic heterocycles. The number of thioether (sulfide) groups is 1. The zero-order valence-electron chi connectivity index (χ0n) is 13.3. The molecule has 0 atom stereocenters. The first-order valence-electron chi connectivity index (χ1n) is 7.64. The molecule has 10 heteroatoms. The van der Waals surface area contributed by atoms with E-state index in [1.807, 2.05) is 5.38 Å². The zero-order chi connectivity index (χ0) is 18.1. The molecule has 7 nitrogen and oxygen atoms in total. The van der Waals surface area contributed by atoms with Crippen LogP contribution in [-0.4, -0.2) is 24.8 Å². The lowest BCUT2D eigenvalue weighted by atomic mass is 10.1. The molecule has 3 N–H and O–H groups in total. The Morgan fingerprint density at radius 1 is 1.27 bits per heavy atom. The third-order valence-electron chi connectivity index (χ3n) is 3.74. The van der Waals surface area contributed by atoms with E-state index in [1.54, 1.807) is 24.3 Å². The Hall–Kier alpha value is -2.72. The number of rotatable bonds is 5. The summed E-state index contributed by atoms with van der Waals surface area (Å²) >= 11 is 2.65. The lowest BCUT2D eigenvalue weighted by molar-refractivity contribution is 0.610. The van der Waals surface area contributed by atoms with Crippen LogP contribution in [0.4, 0.5) is 4.39 Å². The summed E-state index contributed by atoms with van der Waals surface area (Å²) in [4.78, 5) is 19.2.